The third-order valence-electron chi connectivity index (χ3n) is 5.05. The minimum Gasteiger partial charge on any atom is -0.444 e. The van der Waals surface area contributed by atoms with Crippen LogP contribution in [0.25, 0.3) is 10.8 Å². The lowest BCUT2D eigenvalue weighted by Gasteiger charge is -2.23. The van der Waals surface area contributed by atoms with Crippen molar-refractivity contribution >= 4 is 38.5 Å². The van der Waals surface area contributed by atoms with E-state index < -0.39 is 33.7 Å². The summed E-state index contributed by atoms with van der Waals surface area (Å²) in [5, 5.41) is 6.57. The molecule has 2 amide bonds. The van der Waals surface area contributed by atoms with Gasteiger partial charge in [0.1, 0.15) is 11.6 Å². The van der Waals surface area contributed by atoms with Gasteiger partial charge in [-0.15, -0.1) is 0 Å². The second kappa shape index (κ2) is 10.9. The highest BCUT2D eigenvalue weighted by atomic mass is 32.2. The van der Waals surface area contributed by atoms with E-state index in [4.69, 9.17) is 4.74 Å². The highest BCUT2D eigenvalue weighted by Gasteiger charge is 2.26. The number of anilines is 1. The van der Waals surface area contributed by atoms with E-state index >= 15 is 0 Å². The molecule has 0 aliphatic rings. The first kappa shape index (κ1) is 26.2. The Morgan fingerprint density at radius 2 is 1.57 bits per heavy atom. The summed E-state index contributed by atoms with van der Waals surface area (Å²) in [5.41, 5.74) is 0.577. The number of amides is 2. The molecule has 3 aromatic rings. The van der Waals surface area contributed by atoms with Crippen LogP contribution in [0.2, 0.25) is 0 Å². The number of ether oxygens (including phenoxy) is 1. The van der Waals surface area contributed by atoms with E-state index in [0.717, 1.165) is 5.56 Å². The minimum atomic E-state index is -3.71. The molecule has 0 aliphatic heterocycles. The highest BCUT2D eigenvalue weighted by molar-refractivity contribution is 7.89. The summed E-state index contributed by atoms with van der Waals surface area (Å²) in [4.78, 5) is 25.9. The zero-order chi connectivity index (χ0) is 25.6. The fourth-order valence-electron chi connectivity index (χ4n) is 3.62. The van der Waals surface area contributed by atoms with Gasteiger partial charge in [-0.1, -0.05) is 61.5 Å². The number of fused-ring (bicyclic) bond motifs is 1. The van der Waals surface area contributed by atoms with E-state index in [9.17, 15) is 18.0 Å². The Hall–Kier alpha value is -3.43. The SMILES string of the molecule is CCNS(=O)(=O)c1cccc2c(NC(=O)[C@H](Cc3ccccc3)NC(=O)OC(C)(C)C)cccc12. The number of carbonyl (C=O) groups excluding carboxylic acids is 2. The third kappa shape index (κ3) is 7.03. The Morgan fingerprint density at radius 1 is 0.914 bits per heavy atom. The van der Waals surface area contributed by atoms with E-state index in [2.05, 4.69) is 15.4 Å². The lowest BCUT2D eigenvalue weighted by molar-refractivity contribution is -0.118. The molecule has 8 nitrogen and oxygen atoms in total. The number of hydrogen-bond donors (Lipinski definition) is 3. The third-order valence-corrected chi connectivity index (χ3v) is 6.66. The van der Waals surface area contributed by atoms with Gasteiger partial charge in [-0.3, -0.25) is 4.79 Å². The molecule has 0 aromatic heterocycles. The average molecular weight is 498 g/mol. The van der Waals surface area contributed by atoms with Crippen molar-refractivity contribution in [2.24, 2.45) is 0 Å². The molecule has 3 aromatic carbocycles. The van der Waals surface area contributed by atoms with Crippen molar-refractivity contribution in [1.82, 2.24) is 10.0 Å². The quantitative estimate of drug-likeness (QED) is 0.431. The Labute approximate surface area is 206 Å². The summed E-state index contributed by atoms with van der Waals surface area (Å²) in [7, 11) is -3.71. The Bertz CT molecular complexity index is 1300. The molecule has 3 rings (SSSR count). The highest BCUT2D eigenvalue weighted by Crippen LogP contribution is 2.29. The van der Waals surface area contributed by atoms with E-state index in [-0.39, 0.29) is 17.9 Å². The molecule has 0 unspecified atom stereocenters. The summed E-state index contributed by atoms with van der Waals surface area (Å²) in [6, 6.07) is 18.3. The lowest BCUT2D eigenvalue weighted by Crippen LogP contribution is -2.47. The normalized spacial score (nSPS) is 12.7. The van der Waals surface area contributed by atoms with Gasteiger partial charge in [0.2, 0.25) is 15.9 Å². The molecule has 0 heterocycles. The Kier molecular flexibility index (Phi) is 8.14. The maximum absolute atomic E-state index is 13.3. The van der Waals surface area contributed by atoms with Crippen LogP contribution in [0, 0.1) is 0 Å². The van der Waals surface area contributed by atoms with Gasteiger partial charge in [0, 0.05) is 29.4 Å². The summed E-state index contributed by atoms with van der Waals surface area (Å²) in [6.07, 6.45) is -0.456. The first-order chi connectivity index (χ1) is 16.5. The van der Waals surface area contributed by atoms with Gasteiger partial charge in [-0.05, 0) is 38.5 Å². The molecule has 9 heteroatoms. The summed E-state index contributed by atoms with van der Waals surface area (Å²) in [6.45, 7) is 7.20. The summed E-state index contributed by atoms with van der Waals surface area (Å²) >= 11 is 0. The van der Waals surface area contributed by atoms with Crippen LogP contribution in [-0.4, -0.2) is 38.6 Å². The van der Waals surface area contributed by atoms with Crippen molar-refractivity contribution in [2.75, 3.05) is 11.9 Å². The number of sulfonamides is 1. The second-order valence-electron chi connectivity index (χ2n) is 9.04. The number of nitrogens with one attached hydrogen (secondary N) is 3. The molecular weight excluding hydrogens is 466 g/mol. The first-order valence-electron chi connectivity index (χ1n) is 11.4. The lowest BCUT2D eigenvalue weighted by atomic mass is 10.0. The molecule has 35 heavy (non-hydrogen) atoms. The fourth-order valence-corrected chi connectivity index (χ4v) is 4.88. The molecule has 0 saturated carbocycles. The molecule has 1 atom stereocenters. The van der Waals surface area contributed by atoms with Crippen molar-refractivity contribution in [2.45, 2.75) is 50.7 Å². The van der Waals surface area contributed by atoms with Crippen molar-refractivity contribution < 1.29 is 22.7 Å². The van der Waals surface area contributed by atoms with E-state index in [0.29, 0.717) is 16.5 Å². The largest absolute Gasteiger partial charge is 0.444 e. The van der Waals surface area contributed by atoms with Crippen LogP contribution in [-0.2, 0) is 26.0 Å². The molecular formula is C26H31N3O5S. The van der Waals surface area contributed by atoms with Gasteiger partial charge < -0.3 is 15.4 Å². The topological polar surface area (TPSA) is 114 Å². The number of hydrogen-bond acceptors (Lipinski definition) is 5. The molecule has 0 saturated heterocycles. The maximum atomic E-state index is 13.3. The van der Waals surface area contributed by atoms with Gasteiger partial charge in [0.05, 0.1) is 4.90 Å². The number of benzene rings is 3. The van der Waals surface area contributed by atoms with Crippen molar-refractivity contribution in [3.05, 3.63) is 72.3 Å². The van der Waals surface area contributed by atoms with Crippen molar-refractivity contribution in [1.29, 1.82) is 0 Å². The molecule has 3 N–H and O–H groups in total. The molecule has 0 fully saturated rings. The molecule has 0 bridgehead atoms. The Morgan fingerprint density at radius 3 is 2.23 bits per heavy atom. The van der Waals surface area contributed by atoms with Crippen LogP contribution < -0.4 is 15.4 Å². The molecule has 186 valence electrons. The predicted molar refractivity (Wildman–Crippen MR) is 137 cm³/mol. The van der Waals surface area contributed by atoms with Gasteiger partial charge in [0.25, 0.3) is 0 Å². The zero-order valence-electron chi connectivity index (χ0n) is 20.3. The maximum Gasteiger partial charge on any atom is 0.408 e. The summed E-state index contributed by atoms with van der Waals surface area (Å²) in [5.74, 6) is -0.452. The smallest absolute Gasteiger partial charge is 0.408 e. The number of rotatable bonds is 8. The van der Waals surface area contributed by atoms with Gasteiger partial charge in [-0.25, -0.2) is 17.9 Å². The van der Waals surface area contributed by atoms with E-state index in [1.807, 2.05) is 30.3 Å². The number of alkyl carbamates (subject to hydrolysis) is 1. The van der Waals surface area contributed by atoms with Crippen LogP contribution in [0.3, 0.4) is 0 Å². The van der Waals surface area contributed by atoms with Crippen molar-refractivity contribution in [3.8, 4) is 0 Å². The average Bonchev–Trinajstić information content (AvgIpc) is 2.78. The molecule has 0 radical (unpaired) electrons. The number of carbonyl (C=O) groups is 2. The summed E-state index contributed by atoms with van der Waals surface area (Å²) < 4.78 is 33.2. The van der Waals surface area contributed by atoms with Crippen LogP contribution >= 0.6 is 0 Å². The fraction of sp³-hybridized carbons (Fsp3) is 0.308. The van der Waals surface area contributed by atoms with E-state index in [1.54, 1.807) is 58.0 Å². The zero-order valence-corrected chi connectivity index (χ0v) is 21.1. The first-order valence-corrected chi connectivity index (χ1v) is 12.8. The van der Waals surface area contributed by atoms with Crippen LogP contribution in [0.15, 0.2) is 71.6 Å². The molecule has 0 spiro atoms. The molecule has 0 aliphatic carbocycles. The minimum absolute atomic E-state index is 0.126. The Balaban J connectivity index is 1.92. The standard InChI is InChI=1S/C26H31N3O5S/c1-5-27-35(32,33)23-16-10-13-19-20(23)14-9-15-21(19)28-24(30)22(17-18-11-7-6-8-12-18)29-25(31)34-26(2,3)4/h6-16,22,27H,5,17H2,1-4H3,(H,28,30)(H,29,31)/t22-/m0/s1. The van der Waals surface area contributed by atoms with Crippen LogP contribution in [0.5, 0.6) is 0 Å². The monoisotopic (exact) mass is 497 g/mol. The van der Waals surface area contributed by atoms with E-state index in [1.165, 1.54) is 6.07 Å². The van der Waals surface area contributed by atoms with Gasteiger partial charge >= 0.3 is 6.09 Å². The van der Waals surface area contributed by atoms with Crippen molar-refractivity contribution in [3.63, 3.8) is 0 Å². The predicted octanol–water partition coefficient (Wildman–Crippen LogP) is 4.21. The van der Waals surface area contributed by atoms with Gasteiger partial charge in [-0.2, -0.15) is 0 Å². The van der Waals surface area contributed by atoms with Gasteiger partial charge in [0.15, 0.2) is 0 Å². The van der Waals surface area contributed by atoms with Crippen LogP contribution in [0.1, 0.15) is 33.3 Å². The van der Waals surface area contributed by atoms with Crippen LogP contribution in [0.4, 0.5) is 10.5 Å². The second-order valence-corrected chi connectivity index (χ2v) is 10.8.